The second-order valence-corrected chi connectivity index (χ2v) is 3.82. The molecule has 0 aliphatic carbocycles. The summed E-state index contributed by atoms with van der Waals surface area (Å²) < 4.78 is 7.33. The zero-order chi connectivity index (χ0) is 10.8. The van der Waals surface area contributed by atoms with Gasteiger partial charge in [0.1, 0.15) is 5.54 Å². The first-order valence-electron chi connectivity index (χ1n) is 5.26. The van der Waals surface area contributed by atoms with E-state index in [1.165, 1.54) is 0 Å². The van der Waals surface area contributed by atoms with Gasteiger partial charge in [-0.3, -0.25) is 9.69 Å². The maximum Gasteiger partial charge on any atom is 0.238 e. The topological polar surface area (TPSA) is 66.6 Å². The molecule has 0 saturated carbocycles. The Kier molecular flexibility index (Phi) is 2.51. The highest BCUT2D eigenvalue weighted by Crippen LogP contribution is 2.31. The lowest BCUT2D eigenvalue weighted by atomic mass is 9.89. The summed E-state index contributed by atoms with van der Waals surface area (Å²) in [6.45, 7) is 2.37. The van der Waals surface area contributed by atoms with Crippen molar-refractivity contribution in [3.63, 3.8) is 0 Å². The summed E-state index contributed by atoms with van der Waals surface area (Å²) in [4.78, 5) is 13.2. The van der Waals surface area contributed by atoms with E-state index < -0.39 is 17.6 Å². The van der Waals surface area contributed by atoms with E-state index in [9.17, 15) is 9.90 Å². The first kappa shape index (κ1) is 8.97. The van der Waals surface area contributed by atoms with Crippen molar-refractivity contribution in [3.8, 4) is 0 Å². The van der Waals surface area contributed by atoms with Crippen molar-refractivity contribution >= 4 is 5.91 Å². The molecule has 1 rings (SSSR count). The number of hydrogen-bond donors (Lipinski definition) is 2. The number of carbonyl (C=O) groups excluding carboxylic acids is 1. The van der Waals surface area contributed by atoms with Crippen LogP contribution in [-0.4, -0.2) is 41.1 Å². The molecule has 1 aliphatic rings. The van der Waals surface area contributed by atoms with Gasteiger partial charge in [0.15, 0.2) is 0 Å². The average molecular weight is 187 g/mol. The third-order valence-electron chi connectivity index (χ3n) is 2.72. The largest absolute Gasteiger partial charge is 0.393 e. The molecule has 3 N–H and O–H groups in total. The highest BCUT2D eigenvalue weighted by atomic mass is 16.3. The Bertz CT molecular complexity index is 223. The molecule has 0 aromatic carbocycles. The second-order valence-electron chi connectivity index (χ2n) is 3.82. The van der Waals surface area contributed by atoms with Gasteiger partial charge in [-0.2, -0.15) is 0 Å². The number of likely N-dealkylation sites (N-methyl/N-ethyl adjacent to an activating group) is 1. The van der Waals surface area contributed by atoms with Crippen LogP contribution in [0.2, 0.25) is 0 Å². The third-order valence-corrected chi connectivity index (χ3v) is 2.72. The molecule has 0 radical (unpaired) electrons. The van der Waals surface area contributed by atoms with Crippen LogP contribution in [0.3, 0.4) is 0 Å². The van der Waals surface area contributed by atoms with Crippen LogP contribution in [0.5, 0.6) is 0 Å². The van der Waals surface area contributed by atoms with Gasteiger partial charge in [-0.1, -0.05) is 0 Å². The van der Waals surface area contributed by atoms with Crippen LogP contribution in [0.25, 0.3) is 0 Å². The van der Waals surface area contributed by atoms with Crippen LogP contribution in [0, 0.1) is 0 Å². The average Bonchev–Trinajstić information content (AvgIpc) is 2.47. The number of amides is 1. The molecule has 76 valence electrons. The lowest BCUT2D eigenvalue weighted by Crippen LogP contribution is -2.53. The van der Waals surface area contributed by atoms with Crippen LogP contribution >= 0.6 is 0 Å². The van der Waals surface area contributed by atoms with Crippen LogP contribution in [0.15, 0.2) is 0 Å². The van der Waals surface area contributed by atoms with E-state index in [4.69, 9.17) is 7.10 Å². The fourth-order valence-electron chi connectivity index (χ4n) is 2.03. The fraction of sp³-hybridized carbons (Fsp3) is 0.889. The number of hydrogen-bond acceptors (Lipinski definition) is 3. The molecule has 13 heavy (non-hydrogen) atoms. The highest BCUT2D eigenvalue weighted by Gasteiger charge is 2.44. The number of likely N-dealkylation sites (tertiary alicyclic amines) is 1. The molecule has 0 bridgehead atoms. The van der Waals surface area contributed by atoms with E-state index in [1.54, 1.807) is 11.8 Å². The number of carbonyl (C=O) groups is 1. The van der Waals surface area contributed by atoms with Crippen LogP contribution in [0.4, 0.5) is 0 Å². The van der Waals surface area contributed by atoms with Crippen LogP contribution in [0.1, 0.15) is 27.6 Å². The van der Waals surface area contributed by atoms with Gasteiger partial charge in [0.2, 0.25) is 5.91 Å². The standard InChI is InChI=1S/C9H18N2O2/c1-7(12)6-9(8(10)13)4-3-5-11(9)2/h7,12H,3-6H2,1-2H3,(H2,10,13)/t7-,9+/m0/s1/i2D. The SMILES string of the molecule is [2H]CN1CCC[C@@]1(C[C@H](C)O)C(N)=O. The van der Waals surface area contributed by atoms with Gasteiger partial charge >= 0.3 is 0 Å². The van der Waals surface area contributed by atoms with E-state index in [1.807, 2.05) is 0 Å². The Hall–Kier alpha value is -0.610. The first-order chi connectivity index (χ1) is 6.53. The summed E-state index contributed by atoms with van der Waals surface area (Å²) in [5.41, 5.74) is 4.59. The lowest BCUT2D eigenvalue weighted by molar-refractivity contribution is -0.129. The van der Waals surface area contributed by atoms with Gasteiger partial charge < -0.3 is 10.8 Å². The normalized spacial score (nSPS) is 32.9. The molecule has 0 aromatic rings. The van der Waals surface area contributed by atoms with E-state index in [-0.39, 0.29) is 7.02 Å². The maximum atomic E-state index is 11.4. The second kappa shape index (κ2) is 3.64. The van der Waals surface area contributed by atoms with E-state index >= 15 is 0 Å². The molecule has 4 heteroatoms. The minimum absolute atomic E-state index is 0.0651. The van der Waals surface area contributed by atoms with Crippen molar-refractivity contribution in [2.75, 3.05) is 13.6 Å². The number of nitrogens with zero attached hydrogens (tertiary/aromatic N) is 1. The van der Waals surface area contributed by atoms with E-state index in [2.05, 4.69) is 0 Å². The maximum absolute atomic E-state index is 11.4. The molecule has 0 aromatic heterocycles. The van der Waals surface area contributed by atoms with Gasteiger partial charge in [0.25, 0.3) is 0 Å². The smallest absolute Gasteiger partial charge is 0.238 e. The number of primary amides is 1. The van der Waals surface area contributed by atoms with Crippen molar-refractivity contribution in [1.29, 1.82) is 0 Å². The Balaban J connectivity index is 2.85. The molecular formula is C9H18N2O2. The number of rotatable bonds is 3. The summed E-state index contributed by atoms with van der Waals surface area (Å²) in [6.07, 6.45) is 1.30. The summed E-state index contributed by atoms with van der Waals surface area (Å²) in [6, 6.07) is 0. The van der Waals surface area contributed by atoms with Crippen molar-refractivity contribution in [2.24, 2.45) is 5.73 Å². The van der Waals surface area contributed by atoms with Gasteiger partial charge in [-0.15, -0.1) is 0 Å². The molecule has 2 atom stereocenters. The van der Waals surface area contributed by atoms with E-state index in [0.29, 0.717) is 12.8 Å². The van der Waals surface area contributed by atoms with Gasteiger partial charge in [-0.05, 0) is 33.3 Å². The minimum Gasteiger partial charge on any atom is -0.393 e. The van der Waals surface area contributed by atoms with Crippen LogP contribution in [-0.2, 0) is 4.79 Å². The third kappa shape index (κ3) is 1.84. The quantitative estimate of drug-likeness (QED) is 0.638. The Morgan fingerprint density at radius 1 is 1.92 bits per heavy atom. The van der Waals surface area contributed by atoms with Crippen molar-refractivity contribution in [2.45, 2.75) is 37.8 Å². The summed E-state index contributed by atoms with van der Waals surface area (Å²) in [5, 5.41) is 9.34. The molecule has 1 fully saturated rings. The van der Waals surface area contributed by atoms with Crippen LogP contribution < -0.4 is 5.73 Å². The molecule has 1 saturated heterocycles. The lowest BCUT2D eigenvalue weighted by Gasteiger charge is -2.33. The predicted octanol–water partition coefficient (Wildman–Crippen LogP) is -0.293. The van der Waals surface area contributed by atoms with Gasteiger partial charge in [0, 0.05) is 7.79 Å². The Morgan fingerprint density at radius 2 is 2.62 bits per heavy atom. The molecule has 0 unspecified atom stereocenters. The zero-order valence-electron chi connectivity index (χ0n) is 8.99. The Morgan fingerprint density at radius 3 is 3.08 bits per heavy atom. The molecule has 4 nitrogen and oxygen atoms in total. The summed E-state index contributed by atoms with van der Waals surface area (Å²) in [7, 11) is 0.0651. The summed E-state index contributed by atoms with van der Waals surface area (Å²) in [5.74, 6) is -0.414. The predicted molar refractivity (Wildman–Crippen MR) is 50.1 cm³/mol. The number of aliphatic hydroxyl groups is 1. The number of aliphatic hydroxyl groups excluding tert-OH is 1. The molecule has 0 spiro atoms. The fourth-order valence-corrected chi connectivity index (χ4v) is 2.03. The molecular weight excluding hydrogens is 168 g/mol. The monoisotopic (exact) mass is 187 g/mol. The Labute approximate surface area is 80.1 Å². The van der Waals surface area contributed by atoms with E-state index in [0.717, 1.165) is 13.0 Å². The molecule has 1 heterocycles. The summed E-state index contributed by atoms with van der Waals surface area (Å²) >= 11 is 0. The van der Waals surface area contributed by atoms with Crippen molar-refractivity contribution in [3.05, 3.63) is 0 Å². The van der Waals surface area contributed by atoms with Crippen molar-refractivity contribution in [1.82, 2.24) is 4.90 Å². The number of nitrogens with two attached hydrogens (primary N) is 1. The van der Waals surface area contributed by atoms with Gasteiger partial charge in [-0.25, -0.2) is 0 Å². The molecule has 1 aliphatic heterocycles. The molecule has 1 amide bonds. The van der Waals surface area contributed by atoms with Gasteiger partial charge in [0.05, 0.1) is 6.10 Å². The minimum atomic E-state index is -0.782. The van der Waals surface area contributed by atoms with Crippen molar-refractivity contribution < 1.29 is 11.3 Å². The highest BCUT2D eigenvalue weighted by molar-refractivity contribution is 5.85. The zero-order valence-corrected chi connectivity index (χ0v) is 7.99. The first-order valence-corrected chi connectivity index (χ1v) is 4.55.